The third kappa shape index (κ3) is 4.11. The van der Waals surface area contributed by atoms with Gasteiger partial charge < -0.3 is 10.6 Å². The molecular weight excluding hydrogens is 295 g/mol. The Morgan fingerprint density at radius 3 is 2.85 bits per heavy atom. The summed E-state index contributed by atoms with van der Waals surface area (Å²) < 4.78 is 0. The number of hydrogen-bond donors (Lipinski definition) is 2. The zero-order valence-electron chi connectivity index (χ0n) is 11.9. The summed E-state index contributed by atoms with van der Waals surface area (Å²) in [5, 5.41) is 7.09. The topological polar surface area (TPSA) is 41.1 Å². The molecule has 0 radical (unpaired) electrons. The second-order valence-corrected chi connectivity index (χ2v) is 6.03. The lowest BCUT2D eigenvalue weighted by Crippen LogP contribution is -2.49. The van der Waals surface area contributed by atoms with Crippen LogP contribution in [0, 0.1) is 5.41 Å². The molecule has 2 unspecified atom stereocenters. The van der Waals surface area contributed by atoms with Crippen molar-refractivity contribution in [2.75, 3.05) is 13.1 Å². The van der Waals surface area contributed by atoms with Crippen LogP contribution in [-0.2, 0) is 4.79 Å². The molecule has 1 aliphatic heterocycles. The van der Waals surface area contributed by atoms with E-state index >= 15 is 0 Å². The normalized spacial score (nSPS) is 23.6. The fraction of sp³-hybridized carbons (Fsp3) is 0.533. The molecule has 112 valence electrons. The molecule has 1 fully saturated rings. The maximum absolute atomic E-state index is 12.4. The summed E-state index contributed by atoms with van der Waals surface area (Å²) in [6.07, 6.45) is 1.99. The highest BCUT2D eigenvalue weighted by molar-refractivity contribution is 6.30. The largest absolute Gasteiger partial charge is 0.349 e. The molecule has 5 heteroatoms. The maximum Gasteiger partial charge on any atom is 0.227 e. The van der Waals surface area contributed by atoms with Gasteiger partial charge in [0.15, 0.2) is 0 Å². The third-order valence-electron chi connectivity index (χ3n) is 3.84. The molecule has 0 aromatic heterocycles. The van der Waals surface area contributed by atoms with Gasteiger partial charge in [-0.15, -0.1) is 12.4 Å². The summed E-state index contributed by atoms with van der Waals surface area (Å²) >= 11 is 5.98. The Kier molecular flexibility index (Phi) is 6.31. The molecule has 2 N–H and O–H groups in total. The Balaban J connectivity index is 0.00000200. The van der Waals surface area contributed by atoms with Crippen molar-refractivity contribution < 1.29 is 4.79 Å². The third-order valence-corrected chi connectivity index (χ3v) is 4.08. The van der Waals surface area contributed by atoms with Crippen molar-refractivity contribution in [3.05, 3.63) is 34.9 Å². The van der Waals surface area contributed by atoms with Crippen LogP contribution in [0.3, 0.4) is 0 Å². The number of carbonyl (C=O) groups is 1. The molecule has 1 aliphatic rings. The first-order valence-corrected chi connectivity index (χ1v) is 7.16. The quantitative estimate of drug-likeness (QED) is 0.898. The van der Waals surface area contributed by atoms with Crippen molar-refractivity contribution in [2.45, 2.75) is 32.7 Å². The molecule has 1 heterocycles. The first-order chi connectivity index (χ1) is 9.01. The lowest BCUT2D eigenvalue weighted by Gasteiger charge is -2.33. The molecule has 1 saturated heterocycles. The summed E-state index contributed by atoms with van der Waals surface area (Å²) in [5.41, 5.74) is 0.735. The van der Waals surface area contributed by atoms with Crippen molar-refractivity contribution in [1.29, 1.82) is 0 Å². The molecule has 1 aromatic carbocycles. The van der Waals surface area contributed by atoms with Gasteiger partial charge in [0, 0.05) is 11.6 Å². The SMILES string of the molecule is CC(NC(=O)C1(C)CCCNC1)c1cccc(Cl)c1.Cl. The summed E-state index contributed by atoms with van der Waals surface area (Å²) in [5.74, 6) is 0.118. The van der Waals surface area contributed by atoms with E-state index in [1.54, 1.807) is 0 Å². The fourth-order valence-corrected chi connectivity index (χ4v) is 2.68. The lowest BCUT2D eigenvalue weighted by atomic mass is 9.81. The second-order valence-electron chi connectivity index (χ2n) is 5.59. The molecule has 20 heavy (non-hydrogen) atoms. The number of halogens is 2. The van der Waals surface area contributed by atoms with Gasteiger partial charge >= 0.3 is 0 Å². The highest BCUT2D eigenvalue weighted by Gasteiger charge is 2.35. The zero-order valence-corrected chi connectivity index (χ0v) is 13.5. The van der Waals surface area contributed by atoms with Crippen molar-refractivity contribution >= 4 is 29.9 Å². The Morgan fingerprint density at radius 1 is 1.50 bits per heavy atom. The predicted molar refractivity (Wildman–Crippen MR) is 85.5 cm³/mol. The Morgan fingerprint density at radius 2 is 2.25 bits per heavy atom. The van der Waals surface area contributed by atoms with E-state index in [9.17, 15) is 4.79 Å². The van der Waals surface area contributed by atoms with Gasteiger partial charge in [0.2, 0.25) is 5.91 Å². The van der Waals surface area contributed by atoms with Crippen LogP contribution in [0.4, 0.5) is 0 Å². The number of rotatable bonds is 3. The second kappa shape index (κ2) is 7.30. The van der Waals surface area contributed by atoms with E-state index < -0.39 is 0 Å². The lowest BCUT2D eigenvalue weighted by molar-refractivity contribution is -0.131. The molecular formula is C15H22Cl2N2O. The minimum atomic E-state index is -0.301. The van der Waals surface area contributed by atoms with Gasteiger partial charge in [0.05, 0.1) is 11.5 Å². The Bertz CT molecular complexity index is 459. The number of piperidine rings is 1. The number of amides is 1. The van der Waals surface area contributed by atoms with Crippen molar-refractivity contribution in [1.82, 2.24) is 10.6 Å². The van der Waals surface area contributed by atoms with E-state index in [4.69, 9.17) is 11.6 Å². The van der Waals surface area contributed by atoms with E-state index in [0.29, 0.717) is 5.02 Å². The monoisotopic (exact) mass is 316 g/mol. The zero-order chi connectivity index (χ0) is 13.9. The first-order valence-electron chi connectivity index (χ1n) is 6.78. The van der Waals surface area contributed by atoms with E-state index in [0.717, 1.165) is 31.5 Å². The molecule has 0 saturated carbocycles. The standard InChI is InChI=1S/C15H21ClN2O.ClH/c1-11(12-5-3-6-13(16)9-12)18-14(19)15(2)7-4-8-17-10-15;/h3,5-6,9,11,17H,4,7-8,10H2,1-2H3,(H,18,19);1H. The molecule has 1 amide bonds. The minimum Gasteiger partial charge on any atom is -0.349 e. The van der Waals surface area contributed by atoms with Gasteiger partial charge in [-0.1, -0.05) is 23.7 Å². The minimum absolute atomic E-state index is 0. The van der Waals surface area contributed by atoms with E-state index in [1.165, 1.54) is 0 Å². The summed E-state index contributed by atoms with van der Waals surface area (Å²) in [6.45, 7) is 5.77. The van der Waals surface area contributed by atoms with Gasteiger partial charge in [-0.2, -0.15) is 0 Å². The number of nitrogens with one attached hydrogen (secondary N) is 2. The van der Waals surface area contributed by atoms with E-state index in [2.05, 4.69) is 10.6 Å². The van der Waals surface area contributed by atoms with Gasteiger partial charge in [0.1, 0.15) is 0 Å². The van der Waals surface area contributed by atoms with E-state index in [-0.39, 0.29) is 29.8 Å². The molecule has 0 bridgehead atoms. The van der Waals surface area contributed by atoms with Crippen LogP contribution in [0.5, 0.6) is 0 Å². The molecule has 2 rings (SSSR count). The average molecular weight is 317 g/mol. The Labute approximate surface area is 131 Å². The maximum atomic E-state index is 12.4. The van der Waals surface area contributed by atoms with Crippen molar-refractivity contribution in [2.24, 2.45) is 5.41 Å². The molecule has 0 aliphatic carbocycles. The van der Waals surface area contributed by atoms with Crippen LogP contribution in [-0.4, -0.2) is 19.0 Å². The highest BCUT2D eigenvalue weighted by atomic mass is 35.5. The van der Waals surface area contributed by atoms with Crippen molar-refractivity contribution in [3.63, 3.8) is 0 Å². The molecule has 1 aromatic rings. The summed E-state index contributed by atoms with van der Waals surface area (Å²) in [6, 6.07) is 7.60. The molecule has 3 nitrogen and oxygen atoms in total. The molecule has 0 spiro atoms. The van der Waals surface area contributed by atoms with Gasteiger partial charge in [-0.3, -0.25) is 4.79 Å². The average Bonchev–Trinajstić information content (AvgIpc) is 2.39. The Hall–Kier alpha value is -0.770. The van der Waals surface area contributed by atoms with Crippen LogP contribution in [0.2, 0.25) is 5.02 Å². The summed E-state index contributed by atoms with van der Waals surface area (Å²) in [7, 11) is 0. The predicted octanol–water partition coefficient (Wildman–Crippen LogP) is 3.33. The van der Waals surface area contributed by atoms with Crippen LogP contribution < -0.4 is 10.6 Å². The van der Waals surface area contributed by atoms with Crippen molar-refractivity contribution in [3.8, 4) is 0 Å². The number of hydrogen-bond acceptors (Lipinski definition) is 2. The smallest absolute Gasteiger partial charge is 0.227 e. The fourth-order valence-electron chi connectivity index (χ4n) is 2.48. The van der Waals surface area contributed by atoms with Crippen LogP contribution in [0.1, 0.15) is 38.3 Å². The molecule has 2 atom stereocenters. The van der Waals surface area contributed by atoms with Crippen LogP contribution >= 0.6 is 24.0 Å². The van der Waals surface area contributed by atoms with Gasteiger partial charge in [-0.05, 0) is 50.9 Å². The number of carbonyl (C=O) groups excluding carboxylic acids is 1. The first kappa shape index (κ1) is 17.3. The number of benzene rings is 1. The van der Waals surface area contributed by atoms with Gasteiger partial charge in [-0.25, -0.2) is 0 Å². The summed E-state index contributed by atoms with van der Waals surface area (Å²) in [4.78, 5) is 12.4. The van der Waals surface area contributed by atoms with Crippen LogP contribution in [0.15, 0.2) is 24.3 Å². The van der Waals surface area contributed by atoms with Crippen LogP contribution in [0.25, 0.3) is 0 Å². The highest BCUT2D eigenvalue weighted by Crippen LogP contribution is 2.27. The van der Waals surface area contributed by atoms with E-state index in [1.807, 2.05) is 38.1 Å². The van der Waals surface area contributed by atoms with Gasteiger partial charge in [0.25, 0.3) is 0 Å².